The average molecular weight is 338 g/mol. The summed E-state index contributed by atoms with van der Waals surface area (Å²) in [7, 11) is 1.76. The van der Waals surface area contributed by atoms with Crippen LogP contribution in [0, 0.1) is 13.8 Å². The minimum atomic E-state index is -0.132. The van der Waals surface area contributed by atoms with Gasteiger partial charge in [-0.2, -0.15) is 0 Å². The van der Waals surface area contributed by atoms with Gasteiger partial charge in [0.2, 0.25) is 5.91 Å². The van der Waals surface area contributed by atoms with E-state index in [9.17, 15) is 4.79 Å². The summed E-state index contributed by atoms with van der Waals surface area (Å²) in [6.07, 6.45) is 1.50. The molecule has 1 aromatic carbocycles. The van der Waals surface area contributed by atoms with Gasteiger partial charge in [0.1, 0.15) is 5.82 Å². The van der Waals surface area contributed by atoms with E-state index in [4.69, 9.17) is 23.2 Å². The van der Waals surface area contributed by atoms with E-state index >= 15 is 0 Å². The van der Waals surface area contributed by atoms with E-state index in [1.807, 2.05) is 32.0 Å². The molecule has 2 aromatic rings. The SMILES string of the molecule is Cc1cccc(C)c1NC(=O)CN(C)c1ncc(Cl)cc1Cl. The predicted octanol–water partition coefficient (Wildman–Crippen LogP) is 4.08. The molecule has 0 fully saturated rings. The summed E-state index contributed by atoms with van der Waals surface area (Å²) in [6, 6.07) is 7.49. The van der Waals surface area contributed by atoms with Crippen molar-refractivity contribution in [1.29, 1.82) is 0 Å². The minimum absolute atomic E-state index is 0.132. The summed E-state index contributed by atoms with van der Waals surface area (Å²) in [6.45, 7) is 4.07. The fourth-order valence-corrected chi connectivity index (χ4v) is 2.69. The molecule has 0 atom stereocenters. The first-order valence-electron chi connectivity index (χ1n) is 6.76. The molecular weight excluding hydrogens is 321 g/mol. The van der Waals surface area contributed by atoms with Crippen LogP contribution in [0.15, 0.2) is 30.5 Å². The van der Waals surface area contributed by atoms with E-state index in [0.717, 1.165) is 16.8 Å². The fraction of sp³-hybridized carbons (Fsp3) is 0.250. The Morgan fingerprint density at radius 2 is 1.91 bits per heavy atom. The van der Waals surface area contributed by atoms with Gasteiger partial charge in [-0.05, 0) is 31.0 Å². The number of benzene rings is 1. The number of rotatable bonds is 4. The van der Waals surface area contributed by atoms with Gasteiger partial charge in [0.25, 0.3) is 0 Å². The van der Waals surface area contributed by atoms with Crippen LogP contribution in [-0.4, -0.2) is 24.5 Å². The lowest BCUT2D eigenvalue weighted by Crippen LogP contribution is -2.31. The maximum absolute atomic E-state index is 12.2. The number of halogens is 2. The normalized spacial score (nSPS) is 10.4. The number of anilines is 2. The Labute approximate surface area is 140 Å². The number of carbonyl (C=O) groups excluding carboxylic acids is 1. The molecule has 0 aliphatic rings. The van der Waals surface area contributed by atoms with Crippen molar-refractivity contribution in [2.75, 3.05) is 23.8 Å². The Morgan fingerprint density at radius 3 is 2.50 bits per heavy atom. The largest absolute Gasteiger partial charge is 0.349 e. The molecule has 0 aliphatic heterocycles. The third kappa shape index (κ3) is 3.90. The van der Waals surface area contributed by atoms with Crippen molar-refractivity contribution in [3.8, 4) is 0 Å². The van der Waals surface area contributed by atoms with Gasteiger partial charge in [0, 0.05) is 18.9 Å². The van der Waals surface area contributed by atoms with Crippen LogP contribution in [0.2, 0.25) is 10.0 Å². The lowest BCUT2D eigenvalue weighted by atomic mass is 10.1. The van der Waals surface area contributed by atoms with Crippen LogP contribution < -0.4 is 10.2 Å². The second kappa shape index (κ2) is 6.99. The number of nitrogens with zero attached hydrogens (tertiary/aromatic N) is 2. The molecule has 0 saturated heterocycles. The molecule has 1 heterocycles. The van der Waals surface area contributed by atoms with Crippen LogP contribution in [0.4, 0.5) is 11.5 Å². The minimum Gasteiger partial charge on any atom is -0.349 e. The van der Waals surface area contributed by atoms with E-state index in [0.29, 0.717) is 15.9 Å². The van der Waals surface area contributed by atoms with Crippen molar-refractivity contribution >= 4 is 40.6 Å². The molecule has 0 bridgehead atoms. The number of aryl methyl sites for hydroxylation is 2. The van der Waals surface area contributed by atoms with E-state index in [-0.39, 0.29) is 12.5 Å². The summed E-state index contributed by atoms with van der Waals surface area (Å²) in [5, 5.41) is 3.80. The first kappa shape index (κ1) is 16.6. The molecule has 4 nitrogen and oxygen atoms in total. The van der Waals surface area contributed by atoms with Crippen LogP contribution in [0.5, 0.6) is 0 Å². The van der Waals surface area contributed by atoms with Gasteiger partial charge in [-0.1, -0.05) is 41.4 Å². The van der Waals surface area contributed by atoms with E-state index in [2.05, 4.69) is 10.3 Å². The van der Waals surface area contributed by atoms with Gasteiger partial charge in [-0.3, -0.25) is 4.79 Å². The summed E-state index contributed by atoms with van der Waals surface area (Å²) < 4.78 is 0. The second-order valence-electron chi connectivity index (χ2n) is 5.13. The third-order valence-corrected chi connectivity index (χ3v) is 3.76. The zero-order valence-electron chi connectivity index (χ0n) is 12.7. The quantitative estimate of drug-likeness (QED) is 0.914. The molecule has 2 rings (SSSR count). The molecule has 116 valence electrons. The van der Waals surface area contributed by atoms with E-state index in [1.165, 1.54) is 6.20 Å². The average Bonchev–Trinajstić information content (AvgIpc) is 2.42. The smallest absolute Gasteiger partial charge is 0.243 e. The molecule has 1 N–H and O–H groups in total. The fourth-order valence-electron chi connectivity index (χ4n) is 2.17. The number of amides is 1. The molecule has 1 amide bonds. The summed E-state index contributed by atoms with van der Waals surface area (Å²) >= 11 is 11.9. The Hall–Kier alpha value is -1.78. The maximum Gasteiger partial charge on any atom is 0.243 e. The Balaban J connectivity index is 2.08. The number of para-hydroxylation sites is 1. The number of hydrogen-bond acceptors (Lipinski definition) is 3. The highest BCUT2D eigenvalue weighted by molar-refractivity contribution is 6.36. The van der Waals surface area contributed by atoms with Crippen LogP contribution in [0.3, 0.4) is 0 Å². The monoisotopic (exact) mass is 337 g/mol. The molecule has 22 heavy (non-hydrogen) atoms. The van der Waals surface area contributed by atoms with Gasteiger partial charge in [-0.25, -0.2) is 4.98 Å². The number of nitrogens with one attached hydrogen (secondary N) is 1. The molecule has 0 spiro atoms. The first-order chi connectivity index (χ1) is 10.4. The standard InChI is InChI=1S/C16H17Cl2N3O/c1-10-5-4-6-11(2)15(10)20-14(22)9-21(3)16-13(18)7-12(17)8-19-16/h4-8H,9H2,1-3H3,(H,20,22). The van der Waals surface area contributed by atoms with Gasteiger partial charge in [-0.15, -0.1) is 0 Å². The lowest BCUT2D eigenvalue weighted by molar-refractivity contribution is -0.114. The second-order valence-corrected chi connectivity index (χ2v) is 5.97. The van der Waals surface area contributed by atoms with Crippen LogP contribution in [0.1, 0.15) is 11.1 Å². The topological polar surface area (TPSA) is 45.2 Å². The summed E-state index contributed by atoms with van der Waals surface area (Å²) in [5.74, 6) is 0.385. The van der Waals surface area contributed by atoms with Gasteiger partial charge in [0.15, 0.2) is 0 Å². The zero-order valence-corrected chi connectivity index (χ0v) is 14.2. The molecule has 1 aromatic heterocycles. The van der Waals surface area contributed by atoms with Gasteiger partial charge >= 0.3 is 0 Å². The number of hydrogen-bond donors (Lipinski definition) is 1. The maximum atomic E-state index is 12.2. The molecule has 0 saturated carbocycles. The van der Waals surface area contributed by atoms with E-state index in [1.54, 1.807) is 18.0 Å². The van der Waals surface area contributed by atoms with Crippen molar-refractivity contribution in [2.24, 2.45) is 0 Å². The molecule has 6 heteroatoms. The van der Waals surface area contributed by atoms with Crippen molar-refractivity contribution in [3.05, 3.63) is 51.6 Å². The number of aromatic nitrogens is 1. The highest BCUT2D eigenvalue weighted by Gasteiger charge is 2.13. The molecule has 0 aliphatic carbocycles. The third-order valence-electron chi connectivity index (χ3n) is 3.28. The molecule has 0 radical (unpaired) electrons. The molecule has 0 unspecified atom stereocenters. The molecular formula is C16H17Cl2N3O. The highest BCUT2D eigenvalue weighted by atomic mass is 35.5. The highest BCUT2D eigenvalue weighted by Crippen LogP contribution is 2.25. The summed E-state index contributed by atoms with van der Waals surface area (Å²) in [5.41, 5.74) is 2.90. The zero-order chi connectivity index (χ0) is 16.3. The van der Waals surface area contributed by atoms with Crippen molar-refractivity contribution in [2.45, 2.75) is 13.8 Å². The lowest BCUT2D eigenvalue weighted by Gasteiger charge is -2.19. The van der Waals surface area contributed by atoms with Crippen LogP contribution in [0.25, 0.3) is 0 Å². The summed E-state index contributed by atoms with van der Waals surface area (Å²) in [4.78, 5) is 18.1. The Bertz CT molecular complexity index is 684. The van der Waals surface area contributed by atoms with Crippen molar-refractivity contribution in [3.63, 3.8) is 0 Å². The Morgan fingerprint density at radius 1 is 1.27 bits per heavy atom. The van der Waals surface area contributed by atoms with Gasteiger partial charge < -0.3 is 10.2 Å². The first-order valence-corrected chi connectivity index (χ1v) is 7.52. The van der Waals surface area contributed by atoms with Crippen molar-refractivity contribution < 1.29 is 4.79 Å². The van der Waals surface area contributed by atoms with E-state index < -0.39 is 0 Å². The van der Waals surface area contributed by atoms with Crippen LogP contribution >= 0.6 is 23.2 Å². The van der Waals surface area contributed by atoms with Crippen molar-refractivity contribution in [1.82, 2.24) is 4.98 Å². The number of carbonyl (C=O) groups is 1. The van der Waals surface area contributed by atoms with Crippen LogP contribution in [-0.2, 0) is 4.79 Å². The predicted molar refractivity (Wildman–Crippen MR) is 92.1 cm³/mol. The number of likely N-dealkylation sites (N-methyl/N-ethyl adjacent to an activating group) is 1. The Kier molecular flexibility index (Phi) is 5.27. The van der Waals surface area contributed by atoms with Gasteiger partial charge in [0.05, 0.1) is 16.6 Å². The number of pyridine rings is 1.